The third kappa shape index (κ3) is 3.53. The van der Waals surface area contributed by atoms with Crippen LogP contribution in [0.2, 0.25) is 0 Å². The minimum Gasteiger partial charge on any atom is -0.352 e. The van der Waals surface area contributed by atoms with Crippen LogP contribution in [-0.4, -0.2) is 35.1 Å². The van der Waals surface area contributed by atoms with Crippen molar-refractivity contribution in [3.05, 3.63) is 91.4 Å². The number of anilines is 2. The Morgan fingerprint density at radius 1 is 0.686 bits per heavy atom. The summed E-state index contributed by atoms with van der Waals surface area (Å²) in [5.41, 5.74) is 5.60. The number of nitrogens with zero attached hydrogens (tertiary/aromatic N) is 5. The lowest BCUT2D eigenvalue weighted by atomic mass is 10.1. The molecule has 7 aromatic rings. The molecule has 0 aliphatic heterocycles. The summed E-state index contributed by atoms with van der Waals surface area (Å²) in [6.07, 6.45) is 5.41. The first-order chi connectivity index (χ1) is 17.3. The Morgan fingerprint density at radius 2 is 1.66 bits per heavy atom. The van der Waals surface area contributed by atoms with E-state index in [1.54, 1.807) is 12.4 Å². The lowest BCUT2D eigenvalue weighted by Gasteiger charge is -2.07. The van der Waals surface area contributed by atoms with E-state index in [0.717, 1.165) is 55.5 Å². The zero-order valence-corrected chi connectivity index (χ0v) is 18.4. The van der Waals surface area contributed by atoms with Crippen LogP contribution < -0.4 is 5.32 Å². The third-order valence-corrected chi connectivity index (χ3v) is 5.98. The summed E-state index contributed by atoms with van der Waals surface area (Å²) >= 11 is 0. The Labute approximate surface area is 199 Å². The number of nitrogens with one attached hydrogen (secondary N) is 3. The molecule has 3 aromatic carbocycles. The van der Waals surface area contributed by atoms with Gasteiger partial charge in [0.25, 0.3) is 0 Å². The summed E-state index contributed by atoms with van der Waals surface area (Å²) in [7, 11) is 0. The van der Waals surface area contributed by atoms with Crippen molar-refractivity contribution in [2.75, 3.05) is 5.32 Å². The highest BCUT2D eigenvalue weighted by molar-refractivity contribution is 5.89. The van der Waals surface area contributed by atoms with Crippen LogP contribution >= 0.6 is 0 Å². The summed E-state index contributed by atoms with van der Waals surface area (Å²) in [4.78, 5) is 21.9. The van der Waals surface area contributed by atoms with Crippen molar-refractivity contribution in [3.8, 4) is 22.9 Å². The Bertz CT molecular complexity index is 1850. The standard InChI is InChI=1S/C27H18N8/c1-2-4-21-18(3-1)14-29-27(33-21)24-12-16-5-6-17(13-23(16)32-24)26-28-10-9-25(34-26)31-20-7-8-22-19(11-20)15-30-35-22/h1-15,32H,(H,30,35)(H,28,31,34). The van der Waals surface area contributed by atoms with Gasteiger partial charge >= 0.3 is 0 Å². The molecule has 0 spiro atoms. The van der Waals surface area contributed by atoms with Crippen LogP contribution in [0.4, 0.5) is 11.5 Å². The molecule has 8 nitrogen and oxygen atoms in total. The van der Waals surface area contributed by atoms with E-state index in [0.29, 0.717) is 11.6 Å². The normalized spacial score (nSPS) is 11.4. The molecule has 166 valence electrons. The number of benzene rings is 3. The van der Waals surface area contributed by atoms with Crippen molar-refractivity contribution in [2.24, 2.45) is 0 Å². The van der Waals surface area contributed by atoms with Crippen LogP contribution in [0.25, 0.3) is 55.6 Å². The Kier molecular flexibility index (Phi) is 4.28. The molecular weight excluding hydrogens is 436 g/mol. The predicted octanol–water partition coefficient (Wildman–Crippen LogP) is 5.86. The summed E-state index contributed by atoms with van der Waals surface area (Å²) in [5.74, 6) is 2.02. The van der Waals surface area contributed by atoms with Crippen LogP contribution in [0.15, 0.2) is 91.4 Å². The lowest BCUT2D eigenvalue weighted by molar-refractivity contribution is 1.12. The van der Waals surface area contributed by atoms with Gasteiger partial charge in [-0.05, 0) is 42.5 Å². The molecule has 0 amide bonds. The third-order valence-electron chi connectivity index (χ3n) is 5.98. The van der Waals surface area contributed by atoms with Crippen molar-refractivity contribution in [1.82, 2.24) is 35.1 Å². The molecule has 0 bridgehead atoms. The van der Waals surface area contributed by atoms with E-state index in [9.17, 15) is 0 Å². The number of hydrogen-bond donors (Lipinski definition) is 3. The van der Waals surface area contributed by atoms with Gasteiger partial charge in [-0.3, -0.25) is 5.10 Å². The smallest absolute Gasteiger partial charge is 0.176 e. The molecule has 4 heterocycles. The highest BCUT2D eigenvalue weighted by Crippen LogP contribution is 2.27. The quantitative estimate of drug-likeness (QED) is 0.308. The Morgan fingerprint density at radius 3 is 2.66 bits per heavy atom. The number of fused-ring (bicyclic) bond motifs is 3. The van der Waals surface area contributed by atoms with Gasteiger partial charge in [-0.25, -0.2) is 19.9 Å². The second-order valence-electron chi connectivity index (χ2n) is 8.30. The van der Waals surface area contributed by atoms with Crippen LogP contribution in [0.3, 0.4) is 0 Å². The molecule has 0 radical (unpaired) electrons. The van der Waals surface area contributed by atoms with Gasteiger partial charge < -0.3 is 10.3 Å². The molecule has 35 heavy (non-hydrogen) atoms. The molecule has 0 saturated carbocycles. The van der Waals surface area contributed by atoms with Crippen molar-refractivity contribution >= 4 is 44.2 Å². The van der Waals surface area contributed by atoms with E-state index in [4.69, 9.17) is 9.97 Å². The Hall–Kier alpha value is -5.11. The van der Waals surface area contributed by atoms with Crippen molar-refractivity contribution < 1.29 is 0 Å². The number of aromatic nitrogens is 7. The Balaban J connectivity index is 1.21. The van der Waals surface area contributed by atoms with E-state index in [2.05, 4.69) is 48.7 Å². The topological polar surface area (TPSA) is 108 Å². The highest BCUT2D eigenvalue weighted by Gasteiger charge is 2.10. The number of para-hydroxylation sites is 1. The SMILES string of the molecule is c1ccc2nc(-c3cc4ccc(-c5nccc(Nc6ccc7[nH]ncc7c6)n5)cc4[nH]3)ncc2c1. The molecule has 7 rings (SSSR count). The average molecular weight is 454 g/mol. The first kappa shape index (κ1) is 19.4. The maximum absolute atomic E-state index is 4.73. The van der Waals surface area contributed by atoms with Crippen LogP contribution in [-0.2, 0) is 0 Å². The van der Waals surface area contributed by atoms with Gasteiger partial charge in [-0.2, -0.15) is 5.10 Å². The van der Waals surface area contributed by atoms with Gasteiger partial charge in [0, 0.05) is 45.3 Å². The van der Waals surface area contributed by atoms with Gasteiger partial charge in [0.2, 0.25) is 0 Å². The van der Waals surface area contributed by atoms with E-state index in [1.165, 1.54) is 0 Å². The van der Waals surface area contributed by atoms with E-state index in [-0.39, 0.29) is 0 Å². The van der Waals surface area contributed by atoms with Gasteiger partial charge in [0.1, 0.15) is 5.82 Å². The number of rotatable bonds is 4. The number of H-pyrrole nitrogens is 2. The molecule has 0 fully saturated rings. The molecule has 0 aliphatic rings. The molecule has 0 unspecified atom stereocenters. The fourth-order valence-corrected chi connectivity index (χ4v) is 4.22. The van der Waals surface area contributed by atoms with Crippen LogP contribution in [0.5, 0.6) is 0 Å². The zero-order chi connectivity index (χ0) is 23.2. The molecule has 0 saturated heterocycles. The molecule has 8 heteroatoms. The van der Waals surface area contributed by atoms with Gasteiger partial charge in [-0.15, -0.1) is 0 Å². The summed E-state index contributed by atoms with van der Waals surface area (Å²) < 4.78 is 0. The van der Waals surface area contributed by atoms with Crippen molar-refractivity contribution in [1.29, 1.82) is 0 Å². The van der Waals surface area contributed by atoms with E-state index < -0.39 is 0 Å². The van der Waals surface area contributed by atoms with Crippen molar-refractivity contribution in [3.63, 3.8) is 0 Å². The zero-order valence-electron chi connectivity index (χ0n) is 18.4. The summed E-state index contributed by atoms with van der Waals surface area (Å²) in [6, 6.07) is 24.0. The van der Waals surface area contributed by atoms with E-state index >= 15 is 0 Å². The maximum atomic E-state index is 4.73. The van der Waals surface area contributed by atoms with Gasteiger partial charge in [0.15, 0.2) is 11.6 Å². The van der Waals surface area contributed by atoms with Gasteiger partial charge in [-0.1, -0.05) is 30.3 Å². The lowest BCUT2D eigenvalue weighted by Crippen LogP contribution is -1.96. The second kappa shape index (κ2) is 7.74. The fraction of sp³-hybridized carbons (Fsp3) is 0. The minimum atomic E-state index is 0.638. The predicted molar refractivity (Wildman–Crippen MR) is 137 cm³/mol. The monoisotopic (exact) mass is 454 g/mol. The second-order valence-corrected chi connectivity index (χ2v) is 8.30. The number of hydrogen-bond acceptors (Lipinski definition) is 6. The molecule has 3 N–H and O–H groups in total. The molecule has 0 atom stereocenters. The van der Waals surface area contributed by atoms with Gasteiger partial charge in [0.05, 0.1) is 22.9 Å². The first-order valence-corrected chi connectivity index (χ1v) is 11.2. The molecule has 4 aromatic heterocycles. The summed E-state index contributed by atoms with van der Waals surface area (Å²) in [5, 5.41) is 13.5. The largest absolute Gasteiger partial charge is 0.352 e. The van der Waals surface area contributed by atoms with Crippen LogP contribution in [0.1, 0.15) is 0 Å². The first-order valence-electron chi connectivity index (χ1n) is 11.2. The average Bonchev–Trinajstić information content (AvgIpc) is 3.55. The number of aromatic amines is 2. The highest BCUT2D eigenvalue weighted by atomic mass is 15.1. The maximum Gasteiger partial charge on any atom is 0.176 e. The van der Waals surface area contributed by atoms with E-state index in [1.807, 2.05) is 60.8 Å². The fourth-order valence-electron chi connectivity index (χ4n) is 4.22. The molecule has 0 aliphatic carbocycles. The summed E-state index contributed by atoms with van der Waals surface area (Å²) in [6.45, 7) is 0. The molecular formula is C27H18N8. The minimum absolute atomic E-state index is 0.638. The van der Waals surface area contributed by atoms with Crippen LogP contribution in [0, 0.1) is 0 Å². The van der Waals surface area contributed by atoms with Crippen molar-refractivity contribution in [2.45, 2.75) is 0 Å².